The van der Waals surface area contributed by atoms with E-state index >= 15 is 0 Å². The topological polar surface area (TPSA) is 29.5 Å². The van der Waals surface area contributed by atoms with Crippen LogP contribution in [0.2, 0.25) is 5.02 Å². The van der Waals surface area contributed by atoms with Crippen molar-refractivity contribution in [3.05, 3.63) is 28.8 Å². The summed E-state index contributed by atoms with van der Waals surface area (Å²) < 4.78 is 5.35. The van der Waals surface area contributed by atoms with Gasteiger partial charge in [-0.25, -0.2) is 0 Å². The summed E-state index contributed by atoms with van der Waals surface area (Å²) in [5, 5.41) is 10.3. The molecule has 0 aliphatic heterocycles. The molecule has 2 rings (SSSR count). The molecular weight excluding hydrogens is 236 g/mol. The average Bonchev–Trinajstić information content (AvgIpc) is 2.32. The number of hydrogen-bond acceptors (Lipinski definition) is 2. The van der Waals surface area contributed by atoms with Gasteiger partial charge in [-0.05, 0) is 61.8 Å². The molecule has 0 bridgehead atoms. The fourth-order valence-electron chi connectivity index (χ4n) is 2.57. The highest BCUT2D eigenvalue weighted by Gasteiger charge is 2.20. The smallest absolute Gasteiger partial charge is 0.122 e. The summed E-state index contributed by atoms with van der Waals surface area (Å²) in [5.74, 6) is 1.56. The Labute approximate surface area is 108 Å². The molecule has 3 heteroatoms. The van der Waals surface area contributed by atoms with Gasteiger partial charge < -0.3 is 9.84 Å². The standard InChI is InChI=1S/C14H19ClO2/c1-17-14-7-4-12(15)9-11(14)8-10-2-5-13(16)6-3-10/h4,7,9-10,13,16H,2-3,5-6,8H2,1H3. The van der Waals surface area contributed by atoms with Gasteiger partial charge in [-0.1, -0.05) is 11.6 Å². The van der Waals surface area contributed by atoms with Gasteiger partial charge in [0.1, 0.15) is 5.75 Å². The second-order valence-electron chi connectivity index (χ2n) is 4.83. The lowest BCUT2D eigenvalue weighted by molar-refractivity contribution is 0.108. The Kier molecular flexibility index (Phi) is 4.30. The maximum Gasteiger partial charge on any atom is 0.122 e. The molecule has 0 heterocycles. The molecule has 1 saturated carbocycles. The van der Waals surface area contributed by atoms with Crippen molar-refractivity contribution in [2.24, 2.45) is 5.92 Å². The summed E-state index contributed by atoms with van der Waals surface area (Å²) in [5.41, 5.74) is 1.18. The first-order valence-corrected chi connectivity index (χ1v) is 6.57. The van der Waals surface area contributed by atoms with Gasteiger partial charge in [0.05, 0.1) is 13.2 Å². The van der Waals surface area contributed by atoms with Crippen molar-refractivity contribution in [3.63, 3.8) is 0 Å². The number of rotatable bonds is 3. The minimum atomic E-state index is -0.0903. The van der Waals surface area contributed by atoms with Crippen LogP contribution in [0.15, 0.2) is 18.2 Å². The van der Waals surface area contributed by atoms with E-state index in [4.69, 9.17) is 16.3 Å². The van der Waals surface area contributed by atoms with Crippen molar-refractivity contribution < 1.29 is 9.84 Å². The zero-order valence-electron chi connectivity index (χ0n) is 10.2. The second-order valence-corrected chi connectivity index (χ2v) is 5.27. The van der Waals surface area contributed by atoms with Gasteiger partial charge in [-0.15, -0.1) is 0 Å². The van der Waals surface area contributed by atoms with E-state index in [1.165, 1.54) is 5.56 Å². The fraction of sp³-hybridized carbons (Fsp3) is 0.571. The molecule has 0 aromatic heterocycles. The van der Waals surface area contributed by atoms with Crippen LogP contribution < -0.4 is 4.74 Å². The Morgan fingerprint density at radius 1 is 1.29 bits per heavy atom. The van der Waals surface area contributed by atoms with Gasteiger partial charge in [0, 0.05) is 5.02 Å². The predicted octanol–water partition coefficient (Wildman–Crippen LogP) is 3.44. The van der Waals surface area contributed by atoms with Crippen molar-refractivity contribution >= 4 is 11.6 Å². The van der Waals surface area contributed by atoms with Gasteiger partial charge in [0.25, 0.3) is 0 Å². The number of aliphatic hydroxyl groups is 1. The minimum Gasteiger partial charge on any atom is -0.496 e. The first-order chi connectivity index (χ1) is 8.19. The fourth-order valence-corrected chi connectivity index (χ4v) is 2.76. The molecule has 94 valence electrons. The summed E-state index contributed by atoms with van der Waals surface area (Å²) in [4.78, 5) is 0. The summed E-state index contributed by atoms with van der Waals surface area (Å²) >= 11 is 6.02. The zero-order valence-corrected chi connectivity index (χ0v) is 10.9. The summed E-state index contributed by atoms with van der Waals surface area (Å²) in [6.07, 6.45) is 4.94. The molecule has 2 nitrogen and oxygen atoms in total. The van der Waals surface area contributed by atoms with Gasteiger partial charge in [0.2, 0.25) is 0 Å². The Bertz CT molecular complexity index is 370. The molecule has 0 unspecified atom stereocenters. The number of aliphatic hydroxyl groups excluding tert-OH is 1. The van der Waals surface area contributed by atoms with Crippen LogP contribution >= 0.6 is 11.6 Å². The van der Waals surface area contributed by atoms with E-state index in [1.54, 1.807) is 7.11 Å². The van der Waals surface area contributed by atoms with E-state index in [9.17, 15) is 5.11 Å². The molecule has 0 radical (unpaired) electrons. The summed E-state index contributed by atoms with van der Waals surface area (Å²) in [6.45, 7) is 0. The van der Waals surface area contributed by atoms with E-state index in [2.05, 4.69) is 0 Å². The maximum atomic E-state index is 9.49. The van der Waals surface area contributed by atoms with E-state index in [0.717, 1.165) is 42.9 Å². The van der Waals surface area contributed by atoms with Gasteiger partial charge >= 0.3 is 0 Å². The van der Waals surface area contributed by atoms with E-state index in [1.807, 2.05) is 18.2 Å². The Morgan fingerprint density at radius 2 is 2.00 bits per heavy atom. The first-order valence-electron chi connectivity index (χ1n) is 6.19. The van der Waals surface area contributed by atoms with E-state index in [0.29, 0.717) is 5.92 Å². The number of benzene rings is 1. The van der Waals surface area contributed by atoms with Gasteiger partial charge in [-0.3, -0.25) is 0 Å². The molecule has 1 fully saturated rings. The third kappa shape index (κ3) is 3.36. The zero-order chi connectivity index (χ0) is 12.3. The third-order valence-electron chi connectivity index (χ3n) is 3.57. The lowest BCUT2D eigenvalue weighted by Crippen LogP contribution is -2.19. The molecule has 0 saturated heterocycles. The molecule has 1 aliphatic carbocycles. The number of methoxy groups -OCH3 is 1. The molecule has 0 amide bonds. The summed E-state index contributed by atoms with van der Waals surface area (Å²) in [7, 11) is 1.69. The molecule has 1 aromatic rings. The highest BCUT2D eigenvalue weighted by Crippen LogP contribution is 2.31. The average molecular weight is 255 g/mol. The van der Waals surface area contributed by atoms with Crippen LogP contribution in [0.4, 0.5) is 0 Å². The van der Waals surface area contributed by atoms with Crippen LogP contribution in [-0.4, -0.2) is 18.3 Å². The number of ether oxygens (including phenoxy) is 1. The Hall–Kier alpha value is -0.730. The Balaban J connectivity index is 2.04. The van der Waals surface area contributed by atoms with Crippen molar-refractivity contribution in [1.29, 1.82) is 0 Å². The van der Waals surface area contributed by atoms with Crippen LogP contribution in [0.1, 0.15) is 31.2 Å². The van der Waals surface area contributed by atoms with Crippen LogP contribution in [-0.2, 0) is 6.42 Å². The molecule has 1 N–H and O–H groups in total. The summed E-state index contributed by atoms with van der Waals surface area (Å²) in [6, 6.07) is 5.77. The second kappa shape index (κ2) is 5.74. The van der Waals surface area contributed by atoms with Crippen molar-refractivity contribution in [2.75, 3.05) is 7.11 Å². The monoisotopic (exact) mass is 254 g/mol. The van der Waals surface area contributed by atoms with Crippen LogP contribution in [0, 0.1) is 5.92 Å². The molecule has 1 aromatic carbocycles. The molecule has 0 atom stereocenters. The largest absolute Gasteiger partial charge is 0.496 e. The molecule has 17 heavy (non-hydrogen) atoms. The lowest BCUT2D eigenvalue weighted by atomic mass is 9.83. The number of hydrogen-bond donors (Lipinski definition) is 1. The van der Waals surface area contributed by atoms with Crippen LogP contribution in [0.25, 0.3) is 0 Å². The highest BCUT2D eigenvalue weighted by molar-refractivity contribution is 6.30. The Morgan fingerprint density at radius 3 is 2.65 bits per heavy atom. The van der Waals surface area contributed by atoms with Crippen LogP contribution in [0.5, 0.6) is 5.75 Å². The first kappa shape index (κ1) is 12.7. The quantitative estimate of drug-likeness (QED) is 0.895. The molecular formula is C14H19ClO2. The van der Waals surface area contributed by atoms with Gasteiger partial charge in [-0.2, -0.15) is 0 Å². The van der Waals surface area contributed by atoms with Crippen molar-refractivity contribution in [2.45, 2.75) is 38.2 Å². The highest BCUT2D eigenvalue weighted by atomic mass is 35.5. The lowest BCUT2D eigenvalue weighted by Gasteiger charge is -2.25. The van der Waals surface area contributed by atoms with Crippen molar-refractivity contribution in [1.82, 2.24) is 0 Å². The minimum absolute atomic E-state index is 0.0903. The van der Waals surface area contributed by atoms with E-state index in [-0.39, 0.29) is 6.10 Å². The van der Waals surface area contributed by atoms with Crippen molar-refractivity contribution in [3.8, 4) is 5.75 Å². The predicted molar refractivity (Wildman–Crippen MR) is 69.7 cm³/mol. The third-order valence-corrected chi connectivity index (χ3v) is 3.80. The maximum absolute atomic E-state index is 9.49. The molecule has 0 spiro atoms. The SMILES string of the molecule is COc1ccc(Cl)cc1CC1CCC(O)CC1. The normalized spacial score (nSPS) is 24.6. The van der Waals surface area contributed by atoms with Gasteiger partial charge in [0.15, 0.2) is 0 Å². The molecule has 1 aliphatic rings. The van der Waals surface area contributed by atoms with Crippen LogP contribution in [0.3, 0.4) is 0 Å². The van der Waals surface area contributed by atoms with E-state index < -0.39 is 0 Å². The number of halogens is 1.